The molecule has 0 aliphatic rings. The van der Waals surface area contributed by atoms with E-state index in [2.05, 4.69) is 5.32 Å². The maximum absolute atomic E-state index is 12.2. The molecule has 2 aromatic carbocycles. The summed E-state index contributed by atoms with van der Waals surface area (Å²) in [7, 11) is 1.63. The number of methoxy groups -OCH3 is 1. The minimum atomic E-state index is -0.982. The average Bonchev–Trinajstić information content (AvgIpc) is 2.60. The van der Waals surface area contributed by atoms with Gasteiger partial charge in [-0.05, 0) is 23.3 Å². The summed E-state index contributed by atoms with van der Waals surface area (Å²) in [6, 6.07) is 16.8. The monoisotopic (exact) mass is 342 g/mol. The van der Waals surface area contributed by atoms with Crippen molar-refractivity contribution in [3.63, 3.8) is 0 Å². The maximum Gasteiger partial charge on any atom is 0.323 e. The van der Waals surface area contributed by atoms with Crippen molar-refractivity contribution >= 4 is 17.6 Å². The molecule has 0 aliphatic heterocycles. The number of hydrogen-bond acceptors (Lipinski definition) is 4. The van der Waals surface area contributed by atoms with E-state index in [0.717, 1.165) is 11.1 Å². The molecule has 0 radical (unpaired) electrons. The van der Waals surface area contributed by atoms with E-state index in [1.807, 2.05) is 42.5 Å². The molecule has 0 unspecified atom stereocenters. The Labute approximate surface area is 147 Å². The Hall–Kier alpha value is -2.86. The lowest BCUT2D eigenvalue weighted by Crippen LogP contribution is -2.39. The number of aliphatic carboxylic acids is 1. The van der Waals surface area contributed by atoms with Crippen LogP contribution in [0.4, 0.5) is 5.69 Å². The molecule has 25 heavy (non-hydrogen) atoms. The van der Waals surface area contributed by atoms with Crippen molar-refractivity contribution in [3.05, 3.63) is 65.7 Å². The van der Waals surface area contributed by atoms with Crippen LogP contribution in [-0.4, -0.2) is 37.2 Å². The van der Waals surface area contributed by atoms with Crippen molar-refractivity contribution in [3.8, 4) is 0 Å². The second kappa shape index (κ2) is 9.44. The number of carboxylic acids is 1. The Kier molecular flexibility index (Phi) is 6.98. The van der Waals surface area contributed by atoms with E-state index < -0.39 is 5.97 Å². The van der Waals surface area contributed by atoms with Crippen LogP contribution >= 0.6 is 0 Å². The van der Waals surface area contributed by atoms with Gasteiger partial charge in [-0.15, -0.1) is 0 Å². The van der Waals surface area contributed by atoms with E-state index in [1.165, 1.54) is 4.90 Å². The molecule has 0 heterocycles. The number of carboxylic acid groups (broad SMARTS) is 1. The number of benzene rings is 2. The Balaban J connectivity index is 1.94. The van der Waals surface area contributed by atoms with Gasteiger partial charge in [0.1, 0.15) is 6.54 Å². The second-order valence-electron chi connectivity index (χ2n) is 5.62. The van der Waals surface area contributed by atoms with E-state index in [9.17, 15) is 9.59 Å². The highest BCUT2D eigenvalue weighted by Crippen LogP contribution is 2.12. The summed E-state index contributed by atoms with van der Waals surface area (Å²) in [6.45, 7) is 0.642. The van der Waals surface area contributed by atoms with Crippen molar-refractivity contribution in [1.82, 2.24) is 5.32 Å². The van der Waals surface area contributed by atoms with Gasteiger partial charge in [0.25, 0.3) is 0 Å². The largest absolute Gasteiger partial charge is 0.480 e. The highest BCUT2D eigenvalue weighted by Gasteiger charge is 2.14. The van der Waals surface area contributed by atoms with E-state index in [-0.39, 0.29) is 19.0 Å². The summed E-state index contributed by atoms with van der Waals surface area (Å²) in [6.07, 6.45) is 0. The minimum Gasteiger partial charge on any atom is -0.480 e. The number of nitrogens with zero attached hydrogens (tertiary/aromatic N) is 1. The number of carbonyl (C=O) groups excluding carboxylic acids is 1. The molecule has 6 nitrogen and oxygen atoms in total. The fraction of sp³-hybridized carbons (Fsp3) is 0.263. The number of hydrogen-bond donors (Lipinski definition) is 2. The highest BCUT2D eigenvalue weighted by atomic mass is 16.5. The summed E-state index contributed by atoms with van der Waals surface area (Å²) >= 11 is 0. The van der Waals surface area contributed by atoms with Crippen LogP contribution in [0.1, 0.15) is 11.1 Å². The molecule has 2 N–H and O–H groups in total. The lowest BCUT2D eigenvalue weighted by atomic mass is 10.1. The lowest BCUT2D eigenvalue weighted by Gasteiger charge is -2.22. The molecule has 1 amide bonds. The van der Waals surface area contributed by atoms with Gasteiger partial charge in [0, 0.05) is 19.3 Å². The zero-order valence-electron chi connectivity index (χ0n) is 14.1. The zero-order chi connectivity index (χ0) is 18.1. The van der Waals surface area contributed by atoms with Gasteiger partial charge in [-0.3, -0.25) is 9.59 Å². The van der Waals surface area contributed by atoms with Crippen LogP contribution in [0.5, 0.6) is 0 Å². The zero-order valence-corrected chi connectivity index (χ0v) is 14.1. The van der Waals surface area contributed by atoms with Crippen molar-refractivity contribution in [2.24, 2.45) is 0 Å². The number of para-hydroxylation sites is 1. The number of nitrogens with one attached hydrogen (secondary N) is 1. The van der Waals surface area contributed by atoms with Gasteiger partial charge in [0.15, 0.2) is 0 Å². The molecule has 2 rings (SSSR count). The van der Waals surface area contributed by atoms with Crippen LogP contribution in [0.2, 0.25) is 0 Å². The molecule has 6 heteroatoms. The third-order valence-corrected chi connectivity index (χ3v) is 3.57. The topological polar surface area (TPSA) is 78.9 Å². The number of ether oxygens (including phenoxy) is 1. The Morgan fingerprint density at radius 2 is 1.76 bits per heavy atom. The van der Waals surface area contributed by atoms with Gasteiger partial charge < -0.3 is 20.1 Å². The summed E-state index contributed by atoms with van der Waals surface area (Å²) in [5.74, 6) is -1.22. The minimum absolute atomic E-state index is 0.0198. The molecule has 0 saturated heterocycles. The lowest BCUT2D eigenvalue weighted by molar-refractivity contribution is -0.135. The molecule has 0 bridgehead atoms. The van der Waals surface area contributed by atoms with E-state index >= 15 is 0 Å². The SMILES string of the molecule is COCc1cccc(CNC(=O)CN(CC(=O)O)c2ccccc2)c1. The third kappa shape index (κ3) is 6.27. The summed E-state index contributed by atoms with van der Waals surface area (Å²) < 4.78 is 5.10. The standard InChI is InChI=1S/C19H22N2O4/c1-25-14-16-7-5-6-15(10-16)11-20-18(22)12-21(13-19(23)24)17-8-3-2-4-9-17/h2-10H,11-14H2,1H3,(H,20,22)(H,23,24). The first-order valence-electron chi connectivity index (χ1n) is 7.93. The van der Waals surface area contributed by atoms with E-state index in [4.69, 9.17) is 9.84 Å². The smallest absolute Gasteiger partial charge is 0.323 e. The predicted octanol–water partition coefficient (Wildman–Crippen LogP) is 2.04. The molecule has 0 fully saturated rings. The van der Waals surface area contributed by atoms with Crippen LogP contribution in [0, 0.1) is 0 Å². The van der Waals surface area contributed by atoms with Gasteiger partial charge in [-0.1, -0.05) is 42.5 Å². The van der Waals surface area contributed by atoms with E-state index in [0.29, 0.717) is 18.8 Å². The van der Waals surface area contributed by atoms with Crippen molar-refractivity contribution < 1.29 is 19.4 Å². The van der Waals surface area contributed by atoms with Crippen molar-refractivity contribution in [1.29, 1.82) is 0 Å². The van der Waals surface area contributed by atoms with Crippen LogP contribution in [-0.2, 0) is 27.5 Å². The summed E-state index contributed by atoms with van der Waals surface area (Å²) in [5, 5.41) is 11.9. The molecule has 0 saturated carbocycles. The van der Waals surface area contributed by atoms with Gasteiger partial charge in [0.05, 0.1) is 13.2 Å². The fourth-order valence-corrected chi connectivity index (χ4v) is 2.47. The van der Waals surface area contributed by atoms with Crippen LogP contribution in [0.15, 0.2) is 54.6 Å². The Morgan fingerprint density at radius 3 is 2.44 bits per heavy atom. The first-order chi connectivity index (χ1) is 12.1. The number of amides is 1. The molecule has 0 spiro atoms. The molecular formula is C19H22N2O4. The van der Waals surface area contributed by atoms with Crippen molar-refractivity contribution in [2.45, 2.75) is 13.2 Å². The average molecular weight is 342 g/mol. The van der Waals surface area contributed by atoms with Crippen molar-refractivity contribution in [2.75, 3.05) is 25.1 Å². The Morgan fingerprint density at radius 1 is 1.04 bits per heavy atom. The quantitative estimate of drug-likeness (QED) is 0.729. The molecule has 0 aliphatic carbocycles. The van der Waals surface area contributed by atoms with Gasteiger partial charge >= 0.3 is 5.97 Å². The second-order valence-corrected chi connectivity index (χ2v) is 5.62. The van der Waals surface area contributed by atoms with Crippen LogP contribution in [0.3, 0.4) is 0 Å². The third-order valence-electron chi connectivity index (χ3n) is 3.57. The number of rotatable bonds is 9. The normalized spacial score (nSPS) is 10.3. The maximum atomic E-state index is 12.2. The van der Waals surface area contributed by atoms with Gasteiger partial charge in [-0.2, -0.15) is 0 Å². The van der Waals surface area contributed by atoms with Gasteiger partial charge in [-0.25, -0.2) is 0 Å². The molecular weight excluding hydrogens is 320 g/mol. The predicted molar refractivity (Wildman–Crippen MR) is 95.3 cm³/mol. The molecule has 132 valence electrons. The first-order valence-corrected chi connectivity index (χ1v) is 7.93. The Bertz CT molecular complexity index is 704. The number of anilines is 1. The number of carbonyl (C=O) groups is 2. The summed E-state index contributed by atoms with van der Waals surface area (Å²) in [5.41, 5.74) is 2.69. The molecule has 2 aromatic rings. The van der Waals surface area contributed by atoms with Gasteiger partial charge in [0.2, 0.25) is 5.91 Å². The fourth-order valence-electron chi connectivity index (χ4n) is 2.47. The summed E-state index contributed by atoms with van der Waals surface area (Å²) in [4.78, 5) is 24.8. The van der Waals surface area contributed by atoms with E-state index in [1.54, 1.807) is 19.2 Å². The highest BCUT2D eigenvalue weighted by molar-refractivity contribution is 5.84. The molecule has 0 aromatic heterocycles. The van der Waals surface area contributed by atoms with Crippen LogP contribution in [0.25, 0.3) is 0 Å². The molecule has 0 atom stereocenters. The van der Waals surface area contributed by atoms with Crippen LogP contribution < -0.4 is 10.2 Å². The first kappa shape index (κ1) is 18.5.